The molecule has 0 unspecified atom stereocenters. The van der Waals surface area contributed by atoms with E-state index in [0.717, 1.165) is 11.1 Å². The summed E-state index contributed by atoms with van der Waals surface area (Å²) in [6, 6.07) is 7.88. The zero-order valence-corrected chi connectivity index (χ0v) is 13.4. The maximum atomic E-state index is 9.67. The summed E-state index contributed by atoms with van der Waals surface area (Å²) >= 11 is 4.64. The summed E-state index contributed by atoms with van der Waals surface area (Å²) in [5, 5.41) is 9.67. The van der Waals surface area contributed by atoms with Crippen LogP contribution in [0, 0.1) is 6.92 Å². The van der Waals surface area contributed by atoms with Crippen LogP contribution in [-0.2, 0) is 5.60 Å². The molecule has 2 heteroatoms. The Hall–Kier alpha value is -0.530. The van der Waals surface area contributed by atoms with Crippen LogP contribution in [-0.4, -0.2) is 11.5 Å². The van der Waals surface area contributed by atoms with Crippen LogP contribution in [0.2, 0.25) is 0 Å². The van der Waals surface area contributed by atoms with Crippen LogP contribution in [0.1, 0.15) is 52.7 Å². The van der Waals surface area contributed by atoms with Gasteiger partial charge in [-0.3, -0.25) is 0 Å². The Morgan fingerprint density at radius 2 is 1.29 bits per heavy atom. The van der Waals surface area contributed by atoms with Crippen LogP contribution in [0.3, 0.4) is 0 Å². The van der Waals surface area contributed by atoms with Gasteiger partial charge in [-0.2, -0.15) is 0 Å². The van der Waals surface area contributed by atoms with Gasteiger partial charge in [0.1, 0.15) is 0 Å². The maximum absolute atomic E-state index is 9.67. The molecule has 0 radical (unpaired) electrons. The summed E-state index contributed by atoms with van der Waals surface area (Å²) in [6.07, 6.45) is 1.47. The van der Waals surface area contributed by atoms with Crippen molar-refractivity contribution in [2.45, 2.75) is 54.1 Å². The molecule has 0 aliphatic carbocycles. The molecule has 1 rings (SSSR count). The summed E-state index contributed by atoms with van der Waals surface area (Å²) in [5.41, 5.74) is 1.42. The quantitative estimate of drug-likeness (QED) is 0.694. The first-order valence-corrected chi connectivity index (χ1v) is 6.93. The third-order valence-electron chi connectivity index (χ3n) is 1.80. The lowest BCUT2D eigenvalue weighted by molar-refractivity contribution is 0.0779. The number of rotatable bonds is 1. The van der Waals surface area contributed by atoms with Crippen molar-refractivity contribution >= 4 is 11.6 Å². The second-order valence-corrected chi connectivity index (χ2v) is 3.37. The zero-order chi connectivity index (χ0) is 14.5. The number of aliphatic hydroxyl groups is 1. The zero-order valence-electron chi connectivity index (χ0n) is 12.6. The third kappa shape index (κ3) is 10.3. The van der Waals surface area contributed by atoms with Crippen LogP contribution in [0.4, 0.5) is 0 Å². The van der Waals surface area contributed by atoms with E-state index in [1.54, 1.807) is 13.8 Å². The molecule has 1 nitrogen and oxygen atoms in total. The first kappa shape index (κ1) is 21.7. The highest BCUT2D eigenvalue weighted by Gasteiger charge is 2.16. The maximum Gasteiger partial charge on any atom is 0.0843 e. The van der Waals surface area contributed by atoms with Crippen LogP contribution in [0.25, 0.3) is 0 Å². The Bertz CT molecular complexity index is 251. The Morgan fingerprint density at radius 3 is 1.53 bits per heavy atom. The number of benzene rings is 1. The molecule has 0 spiro atoms. The van der Waals surface area contributed by atoms with E-state index in [0.29, 0.717) is 0 Å². The minimum absolute atomic E-state index is 0.717. The lowest BCUT2D eigenvalue weighted by Crippen LogP contribution is -2.16. The standard InChI is InChI=1S/C10H14O.2C2H6.CH3Cl/c1-8-6-4-5-7-9(8)10(2,3)11;3*1-2/h4-7,11H,1-3H3;2*1-2H3;1H3. The minimum atomic E-state index is -0.717. The highest BCUT2D eigenvalue weighted by molar-refractivity contribution is 6.15. The monoisotopic (exact) mass is 260 g/mol. The van der Waals surface area contributed by atoms with Crippen molar-refractivity contribution in [1.82, 2.24) is 0 Å². The van der Waals surface area contributed by atoms with E-state index in [-0.39, 0.29) is 0 Å². The molecule has 0 aliphatic rings. The van der Waals surface area contributed by atoms with Crippen molar-refractivity contribution in [2.24, 2.45) is 0 Å². The summed E-state index contributed by atoms with van der Waals surface area (Å²) < 4.78 is 0. The lowest BCUT2D eigenvalue weighted by atomic mass is 9.94. The highest BCUT2D eigenvalue weighted by atomic mass is 35.5. The van der Waals surface area contributed by atoms with Gasteiger partial charge in [-0.05, 0) is 31.9 Å². The minimum Gasteiger partial charge on any atom is -0.386 e. The molecule has 0 aromatic heterocycles. The molecule has 1 N–H and O–H groups in total. The average Bonchev–Trinajstić information content (AvgIpc) is 2.36. The summed E-state index contributed by atoms with van der Waals surface area (Å²) in [7, 11) is 0. The van der Waals surface area contributed by atoms with Gasteiger partial charge in [0.05, 0.1) is 5.60 Å². The van der Waals surface area contributed by atoms with E-state index in [9.17, 15) is 5.11 Å². The molecule has 102 valence electrons. The Balaban J connectivity index is -0.000000285. The third-order valence-corrected chi connectivity index (χ3v) is 1.80. The Labute approximate surface area is 113 Å². The molecular weight excluding hydrogens is 232 g/mol. The second-order valence-electron chi connectivity index (χ2n) is 3.37. The van der Waals surface area contributed by atoms with Gasteiger partial charge < -0.3 is 5.11 Å². The largest absolute Gasteiger partial charge is 0.386 e. The SMILES string of the molecule is CC.CC.CCl.Cc1ccccc1C(C)(C)O. The number of aryl methyl sites for hydroxylation is 1. The molecule has 0 fully saturated rings. The van der Waals surface area contributed by atoms with E-state index >= 15 is 0 Å². The molecule has 0 saturated heterocycles. The number of alkyl halides is 1. The molecule has 0 saturated carbocycles. The van der Waals surface area contributed by atoms with Gasteiger partial charge in [0, 0.05) is 6.38 Å². The Morgan fingerprint density at radius 1 is 0.941 bits per heavy atom. The van der Waals surface area contributed by atoms with Crippen molar-refractivity contribution in [1.29, 1.82) is 0 Å². The number of hydrogen-bond donors (Lipinski definition) is 1. The summed E-state index contributed by atoms with van der Waals surface area (Å²) in [4.78, 5) is 0. The van der Waals surface area contributed by atoms with Crippen LogP contribution >= 0.6 is 11.6 Å². The first-order valence-electron chi connectivity index (χ1n) is 6.18. The molecule has 0 aliphatic heterocycles. The molecule has 0 atom stereocenters. The van der Waals surface area contributed by atoms with Gasteiger partial charge in [0.2, 0.25) is 0 Å². The topological polar surface area (TPSA) is 20.2 Å². The van der Waals surface area contributed by atoms with E-state index in [4.69, 9.17) is 0 Å². The van der Waals surface area contributed by atoms with Gasteiger partial charge in [0.15, 0.2) is 0 Å². The molecule has 17 heavy (non-hydrogen) atoms. The predicted molar refractivity (Wildman–Crippen MR) is 80.9 cm³/mol. The van der Waals surface area contributed by atoms with Gasteiger partial charge in [-0.1, -0.05) is 52.0 Å². The molecular formula is C15H29ClO. The van der Waals surface area contributed by atoms with Crippen LogP contribution < -0.4 is 0 Å². The molecule has 0 amide bonds. The summed E-state index contributed by atoms with van der Waals surface area (Å²) in [6.45, 7) is 13.6. The summed E-state index contributed by atoms with van der Waals surface area (Å²) in [5.74, 6) is 0. The van der Waals surface area contributed by atoms with Gasteiger partial charge in [-0.15, -0.1) is 11.6 Å². The van der Waals surface area contributed by atoms with Crippen LogP contribution in [0.5, 0.6) is 0 Å². The predicted octanol–water partition coefficient (Wildman–Crippen LogP) is 5.13. The first-order chi connectivity index (χ1) is 8.02. The van der Waals surface area contributed by atoms with Gasteiger partial charge in [0.25, 0.3) is 0 Å². The highest BCUT2D eigenvalue weighted by Crippen LogP contribution is 2.22. The Kier molecular flexibility index (Phi) is 17.3. The van der Waals surface area contributed by atoms with Crippen molar-refractivity contribution in [3.63, 3.8) is 0 Å². The van der Waals surface area contributed by atoms with E-state index in [1.165, 1.54) is 6.38 Å². The second kappa shape index (κ2) is 13.5. The van der Waals surface area contributed by atoms with Crippen LogP contribution in [0.15, 0.2) is 24.3 Å². The normalized spacial score (nSPS) is 8.59. The molecule has 1 aromatic carbocycles. The van der Waals surface area contributed by atoms with Crippen molar-refractivity contribution in [3.05, 3.63) is 35.4 Å². The van der Waals surface area contributed by atoms with E-state index < -0.39 is 5.60 Å². The molecule has 1 aromatic rings. The fourth-order valence-corrected chi connectivity index (χ4v) is 1.26. The molecule has 0 heterocycles. The van der Waals surface area contributed by atoms with E-state index in [2.05, 4.69) is 11.6 Å². The molecule has 0 bridgehead atoms. The van der Waals surface area contributed by atoms with Crippen molar-refractivity contribution in [2.75, 3.05) is 6.38 Å². The number of halogens is 1. The van der Waals surface area contributed by atoms with Gasteiger partial charge in [-0.25, -0.2) is 0 Å². The smallest absolute Gasteiger partial charge is 0.0843 e. The average molecular weight is 261 g/mol. The van der Waals surface area contributed by atoms with Crippen molar-refractivity contribution < 1.29 is 5.11 Å². The van der Waals surface area contributed by atoms with Crippen molar-refractivity contribution in [3.8, 4) is 0 Å². The fraction of sp³-hybridized carbons (Fsp3) is 0.600. The van der Waals surface area contributed by atoms with Gasteiger partial charge >= 0.3 is 0 Å². The number of hydrogen-bond acceptors (Lipinski definition) is 1. The fourth-order valence-electron chi connectivity index (χ4n) is 1.26. The lowest BCUT2D eigenvalue weighted by Gasteiger charge is -2.19. The van der Waals surface area contributed by atoms with E-state index in [1.807, 2.05) is 58.9 Å².